The smallest absolute Gasteiger partial charge is 0.410 e. The Hall–Kier alpha value is -3.14. The van der Waals surface area contributed by atoms with Crippen LogP contribution in [0.2, 0.25) is 0 Å². The molecule has 0 radical (unpaired) electrons. The van der Waals surface area contributed by atoms with Gasteiger partial charge in [-0.1, -0.05) is 57.6 Å². The third kappa shape index (κ3) is 7.18. The first-order chi connectivity index (χ1) is 22.6. The van der Waals surface area contributed by atoms with Gasteiger partial charge in [0.05, 0.1) is 17.6 Å². The van der Waals surface area contributed by atoms with Gasteiger partial charge in [-0.3, -0.25) is 14.5 Å². The van der Waals surface area contributed by atoms with Gasteiger partial charge in [0, 0.05) is 57.1 Å². The summed E-state index contributed by atoms with van der Waals surface area (Å²) in [7, 11) is 0. The maximum Gasteiger partial charge on any atom is 0.410 e. The van der Waals surface area contributed by atoms with Crippen LogP contribution in [-0.2, 0) is 14.3 Å². The monoisotopic (exact) mass is 649 g/mol. The number of benzene rings is 1. The van der Waals surface area contributed by atoms with E-state index in [1.165, 1.54) is 19.3 Å². The zero-order valence-electron chi connectivity index (χ0n) is 29.0. The average molecular weight is 650 g/mol. The number of nitrogens with zero attached hydrogens (tertiary/aromatic N) is 5. The van der Waals surface area contributed by atoms with Crippen molar-refractivity contribution >= 4 is 28.9 Å². The maximum absolute atomic E-state index is 14.4. The zero-order chi connectivity index (χ0) is 33.2. The highest BCUT2D eigenvalue weighted by atomic mass is 16.6. The molecule has 47 heavy (non-hydrogen) atoms. The standard InChI is InChI=1S/C37H55N5O5/c1-5-6-22-46-34(44)37(18-12-8-7-9-13-19-37)41-20-16-29(17-21-41)42-31-15-11-10-14-30(31)38-32(33(42)43)39-23-27-25-40(26-28(27)24-39)35(45)47-36(2,3)4/h10-11,14-15,27-29H,5-9,12-13,16-26H2,1-4H3. The van der Waals surface area contributed by atoms with Crippen molar-refractivity contribution in [2.24, 2.45) is 11.8 Å². The molecular formula is C37H55N5O5. The summed E-state index contributed by atoms with van der Waals surface area (Å²) < 4.78 is 13.6. The van der Waals surface area contributed by atoms with Crippen molar-refractivity contribution in [2.75, 3.05) is 50.8 Å². The molecule has 0 bridgehead atoms. The first kappa shape index (κ1) is 33.7. The quantitative estimate of drug-likeness (QED) is 0.260. The second-order valence-corrected chi connectivity index (χ2v) is 15.4. The minimum atomic E-state index is -0.559. The lowest BCUT2D eigenvalue weighted by molar-refractivity contribution is -0.162. The number of aromatic nitrogens is 2. The van der Waals surface area contributed by atoms with Crippen LogP contribution in [0.5, 0.6) is 0 Å². The number of fused-ring (bicyclic) bond motifs is 2. The van der Waals surface area contributed by atoms with Gasteiger partial charge in [0.25, 0.3) is 5.56 Å². The van der Waals surface area contributed by atoms with E-state index >= 15 is 0 Å². The predicted molar refractivity (Wildman–Crippen MR) is 184 cm³/mol. The van der Waals surface area contributed by atoms with Crippen LogP contribution in [0.25, 0.3) is 11.0 Å². The highest BCUT2D eigenvalue weighted by Gasteiger charge is 2.47. The molecule has 4 heterocycles. The predicted octanol–water partition coefficient (Wildman–Crippen LogP) is 6.16. The number of carbonyl (C=O) groups excluding carboxylic acids is 2. The molecule has 4 aliphatic rings. The molecule has 1 aromatic heterocycles. The van der Waals surface area contributed by atoms with E-state index in [0.717, 1.165) is 75.5 Å². The lowest BCUT2D eigenvalue weighted by Gasteiger charge is -2.46. The summed E-state index contributed by atoms with van der Waals surface area (Å²) in [5, 5.41) is 0. The third-order valence-electron chi connectivity index (χ3n) is 10.9. The second kappa shape index (κ2) is 14.1. The van der Waals surface area contributed by atoms with Gasteiger partial charge in [-0.05, 0) is 65.0 Å². The Labute approximate surface area is 279 Å². The summed E-state index contributed by atoms with van der Waals surface area (Å²) >= 11 is 0. The zero-order valence-corrected chi connectivity index (χ0v) is 29.0. The van der Waals surface area contributed by atoms with Crippen LogP contribution in [0.15, 0.2) is 29.1 Å². The Kier molecular flexibility index (Phi) is 10.2. The Morgan fingerprint density at radius 1 is 0.936 bits per heavy atom. The number of ether oxygens (including phenoxy) is 2. The minimum absolute atomic E-state index is 0.0249. The van der Waals surface area contributed by atoms with Crippen molar-refractivity contribution in [1.82, 2.24) is 19.4 Å². The molecule has 1 amide bonds. The molecule has 0 N–H and O–H groups in total. The fourth-order valence-electron chi connectivity index (χ4n) is 8.49. The topological polar surface area (TPSA) is 97.2 Å². The first-order valence-corrected chi connectivity index (χ1v) is 18.3. The van der Waals surface area contributed by atoms with Crippen molar-refractivity contribution in [2.45, 2.75) is 116 Å². The summed E-state index contributed by atoms with van der Waals surface area (Å²) in [5.74, 6) is 1.04. The summed E-state index contributed by atoms with van der Waals surface area (Å²) in [5.41, 5.74) is 0.578. The number of carbonyl (C=O) groups is 2. The normalized spacial score (nSPS) is 24.2. The highest BCUT2D eigenvalue weighted by molar-refractivity contribution is 5.81. The number of esters is 1. The molecule has 258 valence electrons. The van der Waals surface area contributed by atoms with Gasteiger partial charge in [-0.15, -0.1) is 0 Å². The summed E-state index contributed by atoms with van der Waals surface area (Å²) in [6, 6.07) is 8.00. The van der Waals surface area contributed by atoms with E-state index in [-0.39, 0.29) is 35.5 Å². The van der Waals surface area contributed by atoms with E-state index in [2.05, 4.69) is 16.7 Å². The number of para-hydroxylation sites is 2. The highest BCUT2D eigenvalue weighted by Crippen LogP contribution is 2.38. The van der Waals surface area contributed by atoms with Crippen LogP contribution in [0, 0.1) is 11.8 Å². The van der Waals surface area contributed by atoms with Crippen LogP contribution in [-0.4, -0.2) is 88.4 Å². The average Bonchev–Trinajstić information content (AvgIpc) is 3.61. The largest absolute Gasteiger partial charge is 0.464 e. The molecule has 1 aliphatic carbocycles. The molecule has 4 fully saturated rings. The van der Waals surface area contributed by atoms with Crippen LogP contribution >= 0.6 is 0 Å². The molecule has 3 saturated heterocycles. The van der Waals surface area contributed by atoms with Crippen molar-refractivity contribution in [3.8, 4) is 0 Å². The molecule has 2 atom stereocenters. The van der Waals surface area contributed by atoms with Gasteiger partial charge < -0.3 is 23.8 Å². The van der Waals surface area contributed by atoms with Gasteiger partial charge in [0.15, 0.2) is 5.82 Å². The van der Waals surface area contributed by atoms with Crippen LogP contribution in [0.3, 0.4) is 0 Å². The van der Waals surface area contributed by atoms with E-state index in [0.29, 0.717) is 38.6 Å². The second-order valence-electron chi connectivity index (χ2n) is 15.4. The number of anilines is 1. The van der Waals surface area contributed by atoms with Crippen LogP contribution < -0.4 is 10.5 Å². The molecule has 10 nitrogen and oxygen atoms in total. The minimum Gasteiger partial charge on any atom is -0.464 e. The molecule has 1 saturated carbocycles. The summed E-state index contributed by atoms with van der Waals surface area (Å²) in [6.45, 7) is 12.5. The number of likely N-dealkylation sites (tertiary alicyclic amines) is 2. The molecule has 10 heteroatoms. The fourth-order valence-corrected chi connectivity index (χ4v) is 8.49. The number of hydrogen-bond donors (Lipinski definition) is 0. The van der Waals surface area contributed by atoms with Crippen LogP contribution in [0.4, 0.5) is 10.6 Å². The Morgan fingerprint density at radius 3 is 2.21 bits per heavy atom. The van der Waals surface area contributed by atoms with Crippen molar-refractivity contribution in [1.29, 1.82) is 0 Å². The molecule has 2 unspecified atom stereocenters. The summed E-state index contributed by atoms with van der Waals surface area (Å²) in [4.78, 5) is 52.2. The van der Waals surface area contributed by atoms with Crippen molar-refractivity contribution < 1.29 is 19.1 Å². The lowest BCUT2D eigenvalue weighted by atomic mass is 9.81. The Morgan fingerprint density at radius 2 is 1.57 bits per heavy atom. The molecule has 6 rings (SSSR count). The first-order valence-electron chi connectivity index (χ1n) is 18.3. The van der Waals surface area contributed by atoms with E-state index in [1.54, 1.807) is 0 Å². The Bertz CT molecular complexity index is 1450. The van der Waals surface area contributed by atoms with Gasteiger partial charge in [0.1, 0.15) is 11.1 Å². The molecule has 0 spiro atoms. The number of rotatable bonds is 7. The lowest BCUT2D eigenvalue weighted by Crippen LogP contribution is -2.58. The van der Waals surface area contributed by atoms with E-state index in [4.69, 9.17) is 14.5 Å². The van der Waals surface area contributed by atoms with Gasteiger partial charge in [-0.2, -0.15) is 0 Å². The van der Waals surface area contributed by atoms with Gasteiger partial charge >= 0.3 is 12.1 Å². The van der Waals surface area contributed by atoms with E-state index < -0.39 is 11.1 Å². The number of hydrogen-bond acceptors (Lipinski definition) is 8. The van der Waals surface area contributed by atoms with E-state index in [9.17, 15) is 14.4 Å². The molecule has 3 aliphatic heterocycles. The van der Waals surface area contributed by atoms with Crippen LogP contribution in [0.1, 0.15) is 104 Å². The molecule has 1 aromatic carbocycles. The van der Waals surface area contributed by atoms with Gasteiger partial charge in [0.2, 0.25) is 0 Å². The number of amides is 1. The molecule has 2 aromatic rings. The Balaban J connectivity index is 1.20. The van der Waals surface area contributed by atoms with Crippen molar-refractivity contribution in [3.63, 3.8) is 0 Å². The molecular weight excluding hydrogens is 594 g/mol. The third-order valence-corrected chi connectivity index (χ3v) is 10.9. The van der Waals surface area contributed by atoms with Crippen molar-refractivity contribution in [3.05, 3.63) is 34.6 Å². The number of piperidine rings is 1. The van der Waals surface area contributed by atoms with Gasteiger partial charge in [-0.25, -0.2) is 9.78 Å². The SMILES string of the molecule is CCCCOC(=O)C1(N2CCC(n3c(=O)c(N4CC5CN(C(=O)OC(C)(C)C)CC5C4)nc4ccccc43)CC2)CCCCCCC1. The summed E-state index contributed by atoms with van der Waals surface area (Å²) in [6.07, 6.45) is 10.6. The maximum atomic E-state index is 14.4. The van der Waals surface area contributed by atoms with E-state index in [1.807, 2.05) is 54.5 Å². The fraction of sp³-hybridized carbons (Fsp3) is 0.730. The number of unbranched alkanes of at least 4 members (excludes halogenated alkanes) is 1.